The number of hydrogen-bond donors (Lipinski definition) is 1. The zero-order valence-corrected chi connectivity index (χ0v) is 24.7. The SMILES string of the molecule is COC(=O)C1=C(c2ccccc2)C(=O)N([C@@H]2c3ccccc3C=C(NC(=O)Cc3ccccc3)c3ccccc32)C1C(=O)OC. The molecule has 0 saturated carbocycles. The average Bonchev–Trinajstić information content (AvgIpc) is 3.30. The number of esters is 2. The van der Waals surface area contributed by atoms with Crippen molar-refractivity contribution < 1.29 is 28.7 Å². The summed E-state index contributed by atoms with van der Waals surface area (Å²) in [5.74, 6) is -2.31. The van der Waals surface area contributed by atoms with Crippen molar-refractivity contribution in [1.82, 2.24) is 10.2 Å². The van der Waals surface area contributed by atoms with Crippen molar-refractivity contribution >= 4 is 41.1 Å². The highest BCUT2D eigenvalue weighted by Crippen LogP contribution is 2.46. The topological polar surface area (TPSA) is 102 Å². The van der Waals surface area contributed by atoms with Crippen LogP contribution in [0.25, 0.3) is 17.3 Å². The largest absolute Gasteiger partial charge is 0.467 e. The van der Waals surface area contributed by atoms with Crippen LogP contribution in [0.5, 0.6) is 0 Å². The maximum atomic E-state index is 14.6. The highest BCUT2D eigenvalue weighted by atomic mass is 16.5. The summed E-state index contributed by atoms with van der Waals surface area (Å²) in [5.41, 5.74) is 4.64. The number of fused-ring (bicyclic) bond motifs is 2. The van der Waals surface area contributed by atoms with Gasteiger partial charge in [-0.15, -0.1) is 0 Å². The summed E-state index contributed by atoms with van der Waals surface area (Å²) in [6.07, 6.45) is 2.05. The molecule has 45 heavy (non-hydrogen) atoms. The van der Waals surface area contributed by atoms with Gasteiger partial charge in [0.1, 0.15) is 0 Å². The van der Waals surface area contributed by atoms with E-state index in [4.69, 9.17) is 9.47 Å². The number of benzene rings is 4. The third kappa shape index (κ3) is 5.42. The van der Waals surface area contributed by atoms with Gasteiger partial charge in [-0.05, 0) is 33.9 Å². The number of nitrogens with zero attached hydrogens (tertiary/aromatic N) is 1. The Morgan fingerprint density at radius 3 is 2.07 bits per heavy atom. The molecular weight excluding hydrogens is 568 g/mol. The molecule has 2 aliphatic rings. The number of rotatable bonds is 7. The first kappa shape index (κ1) is 29.3. The van der Waals surface area contributed by atoms with Gasteiger partial charge < -0.3 is 19.7 Å². The van der Waals surface area contributed by atoms with Gasteiger partial charge in [-0.1, -0.05) is 109 Å². The van der Waals surface area contributed by atoms with Crippen molar-refractivity contribution in [2.45, 2.75) is 18.5 Å². The Morgan fingerprint density at radius 2 is 1.38 bits per heavy atom. The highest BCUT2D eigenvalue weighted by Gasteiger charge is 2.52. The second kappa shape index (κ2) is 12.5. The normalized spacial score (nSPS) is 17.1. The molecular formula is C37H30N2O6. The van der Waals surface area contributed by atoms with Crippen LogP contribution >= 0.6 is 0 Å². The van der Waals surface area contributed by atoms with Crippen molar-refractivity contribution in [2.24, 2.45) is 0 Å². The maximum absolute atomic E-state index is 14.6. The Bertz CT molecular complexity index is 1860. The standard InChI is InChI=1S/C37H30N2O6/c1-44-36(42)32-31(24-15-7-4-8-16-24)35(41)39(34(32)37(43)45-2)33-26-18-10-9-17-25(26)22-29(27-19-11-12-20-28(27)33)38-30(40)21-23-13-5-3-6-14-23/h3-20,22,33-34H,21H2,1-2H3,(H,38,40)/t33-,34?/m1/s1. The first-order valence-corrected chi connectivity index (χ1v) is 14.4. The van der Waals surface area contributed by atoms with E-state index >= 15 is 0 Å². The number of carbonyl (C=O) groups is 4. The maximum Gasteiger partial charge on any atom is 0.337 e. The van der Waals surface area contributed by atoms with Gasteiger partial charge in [0.25, 0.3) is 5.91 Å². The molecule has 2 amide bonds. The van der Waals surface area contributed by atoms with Gasteiger partial charge in [0.15, 0.2) is 6.04 Å². The van der Waals surface area contributed by atoms with Crippen LogP contribution in [0.15, 0.2) is 115 Å². The molecule has 8 nitrogen and oxygen atoms in total. The Morgan fingerprint density at radius 1 is 0.756 bits per heavy atom. The Kier molecular flexibility index (Phi) is 8.12. The molecule has 8 heteroatoms. The van der Waals surface area contributed by atoms with Crippen molar-refractivity contribution in [2.75, 3.05) is 14.2 Å². The molecule has 1 N–H and O–H groups in total. The fourth-order valence-electron chi connectivity index (χ4n) is 6.11. The van der Waals surface area contributed by atoms with Gasteiger partial charge in [-0.3, -0.25) is 9.59 Å². The molecule has 4 aromatic carbocycles. The van der Waals surface area contributed by atoms with Crippen molar-refractivity contribution in [3.05, 3.63) is 148 Å². The van der Waals surface area contributed by atoms with Crippen LogP contribution in [0.4, 0.5) is 0 Å². The number of hydrogen-bond acceptors (Lipinski definition) is 6. The number of amides is 2. The van der Waals surface area contributed by atoms with Crippen LogP contribution < -0.4 is 5.32 Å². The summed E-state index contributed by atoms with van der Waals surface area (Å²) in [6.45, 7) is 0. The molecule has 224 valence electrons. The molecule has 1 aliphatic carbocycles. The monoisotopic (exact) mass is 598 g/mol. The molecule has 2 atom stereocenters. The Balaban J connectivity index is 1.52. The Labute approximate surface area is 260 Å². The molecule has 6 rings (SSSR count). The van der Waals surface area contributed by atoms with Gasteiger partial charge in [-0.2, -0.15) is 0 Å². The van der Waals surface area contributed by atoms with E-state index in [-0.39, 0.29) is 23.5 Å². The van der Waals surface area contributed by atoms with Gasteiger partial charge >= 0.3 is 11.9 Å². The molecule has 0 aromatic heterocycles. The lowest BCUT2D eigenvalue weighted by molar-refractivity contribution is -0.151. The smallest absolute Gasteiger partial charge is 0.337 e. The van der Waals surface area contributed by atoms with Gasteiger partial charge in [0, 0.05) is 11.3 Å². The van der Waals surface area contributed by atoms with Gasteiger partial charge in [-0.25, -0.2) is 9.59 Å². The lowest BCUT2D eigenvalue weighted by atomic mass is 9.91. The van der Waals surface area contributed by atoms with Gasteiger partial charge in [0.2, 0.25) is 5.91 Å². The average molecular weight is 599 g/mol. The van der Waals surface area contributed by atoms with Crippen molar-refractivity contribution in [3.63, 3.8) is 0 Å². The van der Waals surface area contributed by atoms with E-state index in [2.05, 4.69) is 5.32 Å². The van der Waals surface area contributed by atoms with E-state index in [1.807, 2.05) is 84.9 Å². The lowest BCUT2D eigenvalue weighted by Crippen LogP contribution is -2.45. The van der Waals surface area contributed by atoms with E-state index in [1.165, 1.54) is 19.1 Å². The van der Waals surface area contributed by atoms with E-state index in [0.29, 0.717) is 28.0 Å². The second-order valence-corrected chi connectivity index (χ2v) is 10.7. The molecule has 4 aromatic rings. The van der Waals surface area contributed by atoms with E-state index in [0.717, 1.165) is 11.1 Å². The number of carbonyl (C=O) groups excluding carboxylic acids is 4. The fraction of sp³-hybridized carbons (Fsp3) is 0.135. The fourth-order valence-corrected chi connectivity index (χ4v) is 6.11. The van der Waals surface area contributed by atoms with Crippen molar-refractivity contribution in [3.8, 4) is 0 Å². The molecule has 0 saturated heterocycles. The molecule has 0 spiro atoms. The van der Waals surface area contributed by atoms with Crippen molar-refractivity contribution in [1.29, 1.82) is 0 Å². The van der Waals surface area contributed by atoms with Crippen LogP contribution in [0, 0.1) is 0 Å². The minimum Gasteiger partial charge on any atom is -0.467 e. The highest BCUT2D eigenvalue weighted by molar-refractivity contribution is 6.31. The quantitative estimate of drug-likeness (QED) is 0.302. The summed E-state index contributed by atoms with van der Waals surface area (Å²) >= 11 is 0. The predicted molar refractivity (Wildman–Crippen MR) is 169 cm³/mol. The Hall–Kier alpha value is -5.76. The summed E-state index contributed by atoms with van der Waals surface area (Å²) in [5, 5.41) is 3.09. The molecule has 0 radical (unpaired) electrons. The summed E-state index contributed by atoms with van der Waals surface area (Å²) in [6, 6.07) is 30.8. The van der Waals surface area contributed by atoms with Crippen LogP contribution in [-0.4, -0.2) is 48.9 Å². The minimum absolute atomic E-state index is 0.0707. The molecule has 1 unspecified atom stereocenters. The minimum atomic E-state index is -1.40. The van der Waals surface area contributed by atoms with Crippen LogP contribution in [0.1, 0.15) is 39.4 Å². The van der Waals surface area contributed by atoms with E-state index in [9.17, 15) is 19.2 Å². The van der Waals surface area contributed by atoms with Crippen LogP contribution in [0.2, 0.25) is 0 Å². The van der Waals surface area contributed by atoms with Crippen LogP contribution in [0.3, 0.4) is 0 Å². The summed E-state index contributed by atoms with van der Waals surface area (Å²) in [4.78, 5) is 56.3. The summed E-state index contributed by atoms with van der Waals surface area (Å²) in [7, 11) is 2.43. The second-order valence-electron chi connectivity index (χ2n) is 10.7. The molecule has 0 bridgehead atoms. The predicted octanol–water partition coefficient (Wildman–Crippen LogP) is 4.96. The zero-order chi connectivity index (χ0) is 31.5. The molecule has 0 fully saturated rings. The lowest BCUT2D eigenvalue weighted by Gasteiger charge is -2.34. The van der Waals surface area contributed by atoms with E-state index < -0.39 is 29.9 Å². The van der Waals surface area contributed by atoms with Crippen LogP contribution in [-0.2, 0) is 35.1 Å². The third-order valence-corrected chi connectivity index (χ3v) is 8.06. The number of nitrogens with one attached hydrogen (secondary N) is 1. The number of methoxy groups -OCH3 is 2. The third-order valence-electron chi connectivity index (χ3n) is 8.06. The number of ether oxygens (including phenoxy) is 2. The zero-order valence-electron chi connectivity index (χ0n) is 24.7. The summed E-state index contributed by atoms with van der Waals surface area (Å²) < 4.78 is 10.3. The first-order valence-electron chi connectivity index (χ1n) is 14.4. The van der Waals surface area contributed by atoms with E-state index in [1.54, 1.807) is 30.3 Å². The molecule has 1 heterocycles. The first-order chi connectivity index (χ1) is 21.9. The molecule has 1 aliphatic heterocycles. The van der Waals surface area contributed by atoms with Gasteiger partial charge in [0.05, 0.1) is 37.8 Å².